The highest BCUT2D eigenvalue weighted by Gasteiger charge is 2.30. The van der Waals surface area contributed by atoms with E-state index in [0.717, 1.165) is 48.4 Å². The van der Waals surface area contributed by atoms with Crippen molar-refractivity contribution >= 4 is 12.1 Å². The molecule has 0 aromatic heterocycles. The van der Waals surface area contributed by atoms with E-state index in [2.05, 4.69) is 40.5 Å². The van der Waals surface area contributed by atoms with Gasteiger partial charge in [-0.15, -0.1) is 0 Å². The van der Waals surface area contributed by atoms with Crippen LogP contribution in [0.1, 0.15) is 24.0 Å². The minimum Gasteiger partial charge on any atom is -0.368 e. The first-order valence-electron chi connectivity index (χ1n) is 10.9. The van der Waals surface area contributed by atoms with Crippen molar-refractivity contribution in [2.75, 3.05) is 27.2 Å². The fourth-order valence-corrected chi connectivity index (χ4v) is 4.25. The van der Waals surface area contributed by atoms with E-state index in [1.54, 1.807) is 4.90 Å². The topological polar surface area (TPSA) is 108 Å². The number of hydrogen-bond acceptors (Lipinski definition) is 7. The van der Waals surface area contributed by atoms with Gasteiger partial charge in [0, 0.05) is 50.6 Å². The summed E-state index contributed by atoms with van der Waals surface area (Å²) in [6.07, 6.45) is 11.2. The molecular weight excluding hydrogens is 400 g/mol. The molecule has 4 rings (SSSR count). The van der Waals surface area contributed by atoms with Crippen LogP contribution in [0.3, 0.4) is 0 Å². The van der Waals surface area contributed by atoms with E-state index in [9.17, 15) is 5.26 Å². The maximum atomic E-state index is 9.20. The van der Waals surface area contributed by atoms with Crippen LogP contribution in [0, 0.1) is 16.7 Å². The van der Waals surface area contributed by atoms with Gasteiger partial charge >= 0.3 is 0 Å². The van der Waals surface area contributed by atoms with Gasteiger partial charge in [-0.3, -0.25) is 10.3 Å². The van der Waals surface area contributed by atoms with Crippen molar-refractivity contribution in [2.45, 2.75) is 31.3 Å². The summed E-state index contributed by atoms with van der Waals surface area (Å²) in [7, 11) is 3.93. The lowest BCUT2D eigenvalue weighted by atomic mass is 9.93. The number of piperidine rings is 1. The van der Waals surface area contributed by atoms with E-state index in [0.29, 0.717) is 5.56 Å². The SMILES string of the molecule is CN(C=N)C1C=C(C2=CN(C)C(N3CCC(N)CC3)N=C2c2ccc(C#N)cc2)C=CN1. The third-order valence-corrected chi connectivity index (χ3v) is 6.21. The zero-order chi connectivity index (χ0) is 22.7. The molecular formula is C24H30N8. The minimum atomic E-state index is -0.109. The molecule has 4 N–H and O–H groups in total. The molecule has 0 amide bonds. The molecule has 8 heteroatoms. The number of aliphatic imine (C=N–C) groups is 1. The molecule has 0 radical (unpaired) electrons. The normalized spacial score (nSPS) is 24.1. The predicted molar refractivity (Wildman–Crippen MR) is 127 cm³/mol. The number of dihydropyridines is 1. The van der Waals surface area contributed by atoms with Crippen LogP contribution in [0.15, 0.2) is 65.0 Å². The maximum Gasteiger partial charge on any atom is 0.178 e. The molecule has 0 saturated carbocycles. The lowest BCUT2D eigenvalue weighted by Crippen LogP contribution is -2.51. The Morgan fingerprint density at radius 2 is 2.00 bits per heavy atom. The van der Waals surface area contributed by atoms with E-state index in [-0.39, 0.29) is 18.5 Å². The minimum absolute atomic E-state index is 0.0942. The van der Waals surface area contributed by atoms with E-state index in [1.165, 1.54) is 6.34 Å². The van der Waals surface area contributed by atoms with Gasteiger partial charge in [-0.05, 0) is 48.9 Å². The maximum absolute atomic E-state index is 9.20. The second-order valence-electron chi connectivity index (χ2n) is 8.46. The lowest BCUT2D eigenvalue weighted by molar-refractivity contribution is 0.0733. The Hall–Kier alpha value is -3.41. The smallest absolute Gasteiger partial charge is 0.178 e. The highest BCUT2D eigenvalue weighted by atomic mass is 15.4. The molecule has 2 atom stereocenters. The van der Waals surface area contributed by atoms with Crippen LogP contribution in [-0.4, -0.2) is 72.4 Å². The second kappa shape index (κ2) is 9.39. The summed E-state index contributed by atoms with van der Waals surface area (Å²) in [6, 6.07) is 10.1. The van der Waals surface area contributed by atoms with Crippen molar-refractivity contribution < 1.29 is 0 Å². The van der Waals surface area contributed by atoms with Crippen LogP contribution in [0.2, 0.25) is 0 Å². The van der Waals surface area contributed by atoms with Gasteiger partial charge in [0.25, 0.3) is 0 Å². The molecule has 1 aromatic rings. The molecule has 3 aliphatic heterocycles. The average molecular weight is 431 g/mol. The monoisotopic (exact) mass is 430 g/mol. The number of likely N-dealkylation sites (tertiary alicyclic amines) is 1. The van der Waals surface area contributed by atoms with Crippen molar-refractivity contribution in [3.63, 3.8) is 0 Å². The Morgan fingerprint density at radius 3 is 2.66 bits per heavy atom. The zero-order valence-corrected chi connectivity index (χ0v) is 18.6. The van der Waals surface area contributed by atoms with Crippen molar-refractivity contribution in [1.29, 1.82) is 10.7 Å². The van der Waals surface area contributed by atoms with E-state index in [4.69, 9.17) is 16.1 Å². The van der Waals surface area contributed by atoms with Gasteiger partial charge in [-0.25, -0.2) is 4.99 Å². The standard InChI is InChI=1S/C24H30N8/c1-30-15-21(19-7-10-28-22(13-19)31(2)16-26)23(18-5-3-17(14-25)4-6-18)29-24(30)32-11-8-20(27)9-12-32/h3-7,10,13,15-16,20,22,24,26,28H,8-9,11-12,27H2,1-2H3. The Bertz CT molecular complexity index is 1010. The van der Waals surface area contributed by atoms with E-state index >= 15 is 0 Å². The molecule has 0 spiro atoms. The summed E-state index contributed by atoms with van der Waals surface area (Å²) >= 11 is 0. The van der Waals surface area contributed by atoms with Gasteiger partial charge < -0.3 is 20.9 Å². The highest BCUT2D eigenvalue weighted by Crippen LogP contribution is 2.28. The van der Waals surface area contributed by atoms with E-state index in [1.807, 2.05) is 43.6 Å². The first kappa shape index (κ1) is 21.8. The lowest BCUT2D eigenvalue weighted by Gasteiger charge is -2.41. The summed E-state index contributed by atoms with van der Waals surface area (Å²) in [5.74, 6) is 0. The Labute approximate surface area is 189 Å². The Kier molecular flexibility index (Phi) is 6.40. The third-order valence-electron chi connectivity index (χ3n) is 6.21. The van der Waals surface area contributed by atoms with Crippen LogP contribution < -0.4 is 11.1 Å². The number of likely N-dealkylation sites (N-methyl/N-ethyl adjacent to an activating group) is 1. The average Bonchev–Trinajstić information content (AvgIpc) is 2.84. The molecule has 1 fully saturated rings. The van der Waals surface area contributed by atoms with E-state index < -0.39 is 0 Å². The molecule has 0 bridgehead atoms. The summed E-state index contributed by atoms with van der Waals surface area (Å²) < 4.78 is 0. The van der Waals surface area contributed by atoms with Crippen LogP contribution >= 0.6 is 0 Å². The van der Waals surface area contributed by atoms with Crippen molar-refractivity contribution in [3.05, 3.63) is 71.1 Å². The molecule has 3 aliphatic rings. The first-order valence-corrected chi connectivity index (χ1v) is 10.9. The molecule has 2 unspecified atom stereocenters. The van der Waals surface area contributed by atoms with Crippen LogP contribution in [0.25, 0.3) is 0 Å². The Balaban J connectivity index is 1.72. The number of benzene rings is 1. The predicted octanol–water partition coefficient (Wildman–Crippen LogP) is 1.79. The van der Waals surface area contributed by atoms with Gasteiger partial charge in [-0.1, -0.05) is 12.1 Å². The largest absolute Gasteiger partial charge is 0.368 e. The molecule has 3 heterocycles. The second-order valence-corrected chi connectivity index (χ2v) is 8.46. The number of hydrogen-bond donors (Lipinski definition) is 3. The van der Waals surface area contributed by atoms with Crippen molar-refractivity contribution in [3.8, 4) is 6.07 Å². The quantitative estimate of drug-likeness (QED) is 0.486. The molecule has 166 valence electrons. The van der Waals surface area contributed by atoms with Gasteiger partial charge in [-0.2, -0.15) is 5.26 Å². The van der Waals surface area contributed by atoms with Gasteiger partial charge in [0.1, 0.15) is 6.17 Å². The first-order chi connectivity index (χ1) is 15.5. The number of nitrogens with one attached hydrogen (secondary N) is 2. The molecule has 0 aliphatic carbocycles. The van der Waals surface area contributed by atoms with Crippen molar-refractivity contribution in [2.24, 2.45) is 10.7 Å². The molecule has 32 heavy (non-hydrogen) atoms. The van der Waals surface area contributed by atoms with Gasteiger partial charge in [0.2, 0.25) is 0 Å². The van der Waals surface area contributed by atoms with Gasteiger partial charge in [0.15, 0.2) is 6.29 Å². The highest BCUT2D eigenvalue weighted by molar-refractivity contribution is 6.16. The zero-order valence-electron chi connectivity index (χ0n) is 18.6. The molecule has 8 nitrogen and oxygen atoms in total. The summed E-state index contributed by atoms with van der Waals surface area (Å²) in [4.78, 5) is 11.5. The number of allylic oxidation sites excluding steroid dienone is 3. The summed E-state index contributed by atoms with van der Waals surface area (Å²) in [5.41, 5.74) is 10.7. The molecule has 1 saturated heterocycles. The fraction of sp³-hybridized carbons (Fsp3) is 0.375. The van der Waals surface area contributed by atoms with Crippen LogP contribution in [-0.2, 0) is 0 Å². The number of nitriles is 1. The number of rotatable bonds is 5. The van der Waals surface area contributed by atoms with Crippen LogP contribution in [0.4, 0.5) is 0 Å². The summed E-state index contributed by atoms with van der Waals surface area (Å²) in [5, 5.41) is 20.0. The number of nitrogens with zero attached hydrogens (tertiary/aromatic N) is 5. The van der Waals surface area contributed by atoms with Crippen molar-refractivity contribution in [1.82, 2.24) is 20.0 Å². The third kappa shape index (κ3) is 4.44. The van der Waals surface area contributed by atoms with Gasteiger partial charge in [0.05, 0.1) is 23.7 Å². The Morgan fingerprint density at radius 1 is 1.28 bits per heavy atom. The number of nitrogens with two attached hydrogens (primary N) is 1. The fourth-order valence-electron chi connectivity index (χ4n) is 4.25. The van der Waals surface area contributed by atoms with Crippen LogP contribution in [0.5, 0.6) is 0 Å². The summed E-state index contributed by atoms with van der Waals surface area (Å²) in [6.45, 7) is 1.84. The molecule has 1 aromatic carbocycles.